The summed E-state index contributed by atoms with van der Waals surface area (Å²) in [6.07, 6.45) is 0.615. The molecule has 5 nitrogen and oxygen atoms in total. The van der Waals surface area contributed by atoms with Gasteiger partial charge in [0.15, 0.2) is 0 Å². The van der Waals surface area contributed by atoms with E-state index >= 15 is 0 Å². The minimum absolute atomic E-state index is 0.0921. The number of hydrogen-bond donors (Lipinski definition) is 1. The lowest BCUT2D eigenvalue weighted by Crippen LogP contribution is -2.62. The minimum Gasteiger partial charge on any atom is -0.482 e. The highest BCUT2D eigenvalue weighted by molar-refractivity contribution is 9.10. The van der Waals surface area contributed by atoms with Crippen LogP contribution in [0.4, 0.5) is 10.1 Å². The normalized spacial score (nSPS) is 23.5. The van der Waals surface area contributed by atoms with Crippen LogP contribution in [0.1, 0.15) is 27.2 Å². The summed E-state index contributed by atoms with van der Waals surface area (Å²) >= 11 is 3.15. The molecule has 21 heavy (non-hydrogen) atoms. The molecule has 1 aromatic carbocycles. The van der Waals surface area contributed by atoms with Gasteiger partial charge in [0.1, 0.15) is 11.9 Å². The van der Waals surface area contributed by atoms with Crippen LogP contribution in [0, 0.1) is 21.3 Å². The van der Waals surface area contributed by atoms with Gasteiger partial charge < -0.3 is 10.1 Å². The van der Waals surface area contributed by atoms with E-state index in [4.69, 9.17) is 4.74 Å². The molecular weight excluding hydrogens is 343 g/mol. The molecule has 2 atom stereocenters. The maximum Gasteiger partial charge on any atom is 0.315 e. The number of ether oxygens (including phenoxy) is 1. The van der Waals surface area contributed by atoms with Crippen molar-refractivity contribution in [2.45, 2.75) is 39.3 Å². The van der Waals surface area contributed by atoms with Crippen molar-refractivity contribution in [1.82, 2.24) is 5.32 Å². The molecule has 0 aliphatic heterocycles. The Morgan fingerprint density at radius 3 is 2.76 bits per heavy atom. The largest absolute Gasteiger partial charge is 0.482 e. The molecule has 0 heterocycles. The maximum absolute atomic E-state index is 13.3. The third-order valence-electron chi connectivity index (χ3n) is 4.07. The molecule has 7 heteroatoms. The Hall–Kier alpha value is -1.21. The molecule has 0 bridgehead atoms. The third kappa shape index (κ3) is 3.03. The first-order valence-electron chi connectivity index (χ1n) is 6.80. The van der Waals surface area contributed by atoms with Gasteiger partial charge in [-0.3, -0.25) is 10.1 Å². The second-order valence-electron chi connectivity index (χ2n) is 5.77. The smallest absolute Gasteiger partial charge is 0.315 e. The fraction of sp³-hybridized carbons (Fsp3) is 0.571. The van der Waals surface area contributed by atoms with E-state index in [0.29, 0.717) is 6.04 Å². The van der Waals surface area contributed by atoms with E-state index in [-0.39, 0.29) is 27.4 Å². The molecule has 0 amide bonds. The van der Waals surface area contributed by atoms with Crippen molar-refractivity contribution in [3.63, 3.8) is 0 Å². The summed E-state index contributed by atoms with van der Waals surface area (Å²) in [4.78, 5) is 10.4. The second-order valence-corrected chi connectivity index (χ2v) is 6.62. The summed E-state index contributed by atoms with van der Waals surface area (Å²) in [5.74, 6) is -0.575. The van der Waals surface area contributed by atoms with Crippen LogP contribution in [0.25, 0.3) is 0 Å². The topological polar surface area (TPSA) is 64.4 Å². The first-order chi connectivity index (χ1) is 9.77. The van der Waals surface area contributed by atoms with Crippen LogP contribution in [-0.4, -0.2) is 23.6 Å². The van der Waals surface area contributed by atoms with Crippen LogP contribution in [-0.2, 0) is 0 Å². The predicted octanol–water partition coefficient (Wildman–Crippen LogP) is 3.65. The molecule has 0 spiro atoms. The highest BCUT2D eigenvalue weighted by atomic mass is 79.9. The van der Waals surface area contributed by atoms with Crippen LogP contribution in [0.15, 0.2) is 16.6 Å². The van der Waals surface area contributed by atoms with Crippen molar-refractivity contribution < 1.29 is 14.1 Å². The Labute approximate surface area is 131 Å². The Morgan fingerprint density at radius 1 is 1.57 bits per heavy atom. The van der Waals surface area contributed by atoms with E-state index < -0.39 is 10.7 Å². The fourth-order valence-electron chi connectivity index (χ4n) is 2.62. The van der Waals surface area contributed by atoms with Crippen molar-refractivity contribution >= 4 is 21.6 Å². The number of nitro benzene ring substituents is 1. The standard InChI is InChI=1S/C14H18BrFN2O3/c1-4-17-11-7-12(14(11,2)3)21-13-9(15)5-8(16)6-10(13)18(19)20/h5-6,11-12,17H,4,7H2,1-3H3. The zero-order chi connectivity index (χ0) is 15.8. The number of nitrogens with one attached hydrogen (secondary N) is 1. The molecule has 2 unspecified atom stereocenters. The molecule has 2 rings (SSSR count). The zero-order valence-electron chi connectivity index (χ0n) is 12.2. The lowest BCUT2D eigenvalue weighted by molar-refractivity contribution is -0.386. The average Bonchev–Trinajstić information content (AvgIpc) is 2.39. The number of rotatable bonds is 5. The van der Waals surface area contributed by atoms with Gasteiger partial charge in [-0.05, 0) is 28.5 Å². The molecule has 1 saturated carbocycles. The van der Waals surface area contributed by atoms with Gasteiger partial charge in [0, 0.05) is 17.9 Å². The maximum atomic E-state index is 13.3. The number of halogens is 2. The molecule has 0 aromatic heterocycles. The van der Waals surface area contributed by atoms with Crippen LogP contribution in [0.5, 0.6) is 5.75 Å². The Morgan fingerprint density at radius 2 is 2.24 bits per heavy atom. The van der Waals surface area contributed by atoms with Gasteiger partial charge in [0.25, 0.3) is 0 Å². The summed E-state index contributed by atoms with van der Waals surface area (Å²) in [7, 11) is 0. The number of nitro groups is 1. The monoisotopic (exact) mass is 360 g/mol. The van der Waals surface area contributed by atoms with E-state index in [2.05, 4.69) is 35.1 Å². The van der Waals surface area contributed by atoms with Crippen LogP contribution in [0.2, 0.25) is 0 Å². The Kier molecular flexibility index (Phi) is 4.53. The summed E-state index contributed by atoms with van der Waals surface area (Å²) in [6.45, 7) is 7.00. The first-order valence-corrected chi connectivity index (χ1v) is 7.60. The predicted molar refractivity (Wildman–Crippen MR) is 81.0 cm³/mol. The van der Waals surface area contributed by atoms with Gasteiger partial charge in [-0.15, -0.1) is 0 Å². The van der Waals surface area contributed by atoms with Crippen molar-refractivity contribution in [1.29, 1.82) is 0 Å². The number of benzene rings is 1. The molecule has 0 radical (unpaired) electrons. The molecule has 116 valence electrons. The number of hydrogen-bond acceptors (Lipinski definition) is 4. The van der Waals surface area contributed by atoms with Crippen molar-refractivity contribution in [2.75, 3.05) is 6.54 Å². The van der Waals surface area contributed by atoms with Crippen molar-refractivity contribution in [2.24, 2.45) is 5.41 Å². The van der Waals surface area contributed by atoms with E-state index in [1.165, 1.54) is 6.07 Å². The molecule has 1 fully saturated rings. The lowest BCUT2D eigenvalue weighted by Gasteiger charge is -2.51. The highest BCUT2D eigenvalue weighted by Crippen LogP contribution is 2.46. The van der Waals surface area contributed by atoms with E-state index in [1.54, 1.807) is 0 Å². The summed E-state index contributed by atoms with van der Waals surface area (Å²) in [6, 6.07) is 2.37. The molecule has 1 N–H and O–H groups in total. The van der Waals surface area contributed by atoms with Crippen molar-refractivity contribution in [3.8, 4) is 5.75 Å². The molecule has 1 aliphatic rings. The van der Waals surface area contributed by atoms with E-state index in [1.807, 2.05) is 6.92 Å². The second kappa shape index (κ2) is 5.88. The van der Waals surface area contributed by atoms with Gasteiger partial charge >= 0.3 is 5.69 Å². The van der Waals surface area contributed by atoms with Crippen LogP contribution >= 0.6 is 15.9 Å². The minimum atomic E-state index is -0.667. The van der Waals surface area contributed by atoms with Gasteiger partial charge in [-0.2, -0.15) is 0 Å². The van der Waals surface area contributed by atoms with Crippen molar-refractivity contribution in [3.05, 3.63) is 32.5 Å². The van der Waals surface area contributed by atoms with Gasteiger partial charge in [-0.25, -0.2) is 4.39 Å². The fourth-order valence-corrected chi connectivity index (χ4v) is 3.13. The Balaban J connectivity index is 2.23. The van der Waals surface area contributed by atoms with Crippen LogP contribution < -0.4 is 10.1 Å². The highest BCUT2D eigenvalue weighted by Gasteiger charge is 2.50. The average molecular weight is 361 g/mol. The van der Waals surface area contributed by atoms with Crippen LogP contribution in [0.3, 0.4) is 0 Å². The zero-order valence-corrected chi connectivity index (χ0v) is 13.7. The number of nitrogens with zero attached hydrogens (tertiary/aromatic N) is 1. The Bertz CT molecular complexity index is 565. The summed E-state index contributed by atoms with van der Waals surface area (Å²) < 4.78 is 19.4. The molecular formula is C14H18BrFN2O3. The lowest BCUT2D eigenvalue weighted by atomic mass is 9.64. The third-order valence-corrected chi connectivity index (χ3v) is 4.66. The SMILES string of the molecule is CCNC1CC(Oc2c(Br)cc(F)cc2[N+](=O)[O-])C1(C)C. The van der Waals surface area contributed by atoms with E-state index in [9.17, 15) is 14.5 Å². The van der Waals surface area contributed by atoms with Gasteiger partial charge in [-0.1, -0.05) is 20.8 Å². The summed E-state index contributed by atoms with van der Waals surface area (Å²) in [5.41, 5.74) is -0.498. The molecule has 1 aliphatic carbocycles. The first kappa shape index (κ1) is 16.2. The molecule has 0 saturated heterocycles. The summed E-state index contributed by atoms with van der Waals surface area (Å²) in [5, 5.41) is 14.4. The quantitative estimate of drug-likeness (QED) is 0.642. The van der Waals surface area contributed by atoms with E-state index in [0.717, 1.165) is 19.0 Å². The molecule has 1 aromatic rings. The van der Waals surface area contributed by atoms with Gasteiger partial charge in [0.2, 0.25) is 5.75 Å². The van der Waals surface area contributed by atoms with Gasteiger partial charge in [0.05, 0.1) is 15.5 Å².